The summed E-state index contributed by atoms with van der Waals surface area (Å²) in [6.07, 6.45) is 4.86. The maximum atomic E-state index is 5.99. The molecule has 5 nitrogen and oxygen atoms in total. The minimum Gasteiger partial charge on any atom is -0.398 e. The van der Waals surface area contributed by atoms with E-state index in [0.29, 0.717) is 5.92 Å². The van der Waals surface area contributed by atoms with E-state index in [2.05, 4.69) is 29.4 Å². The molecule has 0 saturated heterocycles. The van der Waals surface area contributed by atoms with E-state index in [-0.39, 0.29) is 0 Å². The van der Waals surface area contributed by atoms with Gasteiger partial charge in [-0.25, -0.2) is 4.68 Å². The molecule has 0 aliphatic carbocycles. The van der Waals surface area contributed by atoms with E-state index in [4.69, 9.17) is 5.73 Å². The minimum absolute atomic E-state index is 0.619. The summed E-state index contributed by atoms with van der Waals surface area (Å²) in [4.78, 5) is 0. The van der Waals surface area contributed by atoms with E-state index in [1.807, 2.05) is 29.8 Å². The van der Waals surface area contributed by atoms with Crippen molar-refractivity contribution in [2.24, 2.45) is 5.92 Å². The van der Waals surface area contributed by atoms with Crippen molar-refractivity contribution in [1.82, 2.24) is 20.2 Å². The molecule has 0 aliphatic rings. The molecule has 0 aliphatic heterocycles. The van der Waals surface area contributed by atoms with Crippen molar-refractivity contribution < 1.29 is 0 Å². The van der Waals surface area contributed by atoms with Crippen molar-refractivity contribution in [2.75, 3.05) is 5.73 Å². The van der Waals surface area contributed by atoms with Crippen LogP contribution >= 0.6 is 0 Å². The molecular weight excluding hydrogens is 262 g/mol. The molecule has 114 valence electrons. The number of hydrogen-bond donors (Lipinski definition) is 1. The normalized spacial score (nSPS) is 12.5. The van der Waals surface area contributed by atoms with Crippen LogP contribution in [0.15, 0.2) is 18.2 Å². The van der Waals surface area contributed by atoms with E-state index in [1.165, 1.54) is 19.3 Å². The number of rotatable bonds is 7. The second kappa shape index (κ2) is 7.20. The zero-order chi connectivity index (χ0) is 15.2. The quantitative estimate of drug-likeness (QED) is 0.792. The van der Waals surface area contributed by atoms with E-state index in [0.717, 1.165) is 35.6 Å². The van der Waals surface area contributed by atoms with Crippen LogP contribution in [0.2, 0.25) is 0 Å². The van der Waals surface area contributed by atoms with Crippen LogP contribution in [-0.2, 0) is 6.54 Å². The molecule has 1 aromatic carbocycles. The Morgan fingerprint density at radius 2 is 2.10 bits per heavy atom. The van der Waals surface area contributed by atoms with Crippen molar-refractivity contribution in [3.8, 4) is 11.4 Å². The number of hydrogen-bond acceptors (Lipinski definition) is 4. The average Bonchev–Trinajstić information content (AvgIpc) is 2.94. The molecule has 0 bridgehead atoms. The lowest BCUT2D eigenvalue weighted by Gasteiger charge is -2.15. The number of tetrazole rings is 1. The molecule has 0 amide bonds. The monoisotopic (exact) mass is 287 g/mol. The third-order valence-corrected chi connectivity index (χ3v) is 4.12. The van der Waals surface area contributed by atoms with Gasteiger partial charge in [0.15, 0.2) is 5.82 Å². The summed E-state index contributed by atoms with van der Waals surface area (Å²) in [7, 11) is 0. The molecule has 0 saturated carbocycles. The van der Waals surface area contributed by atoms with Gasteiger partial charge in [-0.3, -0.25) is 0 Å². The van der Waals surface area contributed by atoms with E-state index in [1.54, 1.807) is 0 Å². The Bertz CT molecular complexity index is 576. The second-order valence-electron chi connectivity index (χ2n) is 5.62. The van der Waals surface area contributed by atoms with Gasteiger partial charge in [-0.1, -0.05) is 45.2 Å². The molecule has 0 radical (unpaired) electrons. The molecule has 1 aromatic heterocycles. The van der Waals surface area contributed by atoms with Crippen LogP contribution < -0.4 is 5.73 Å². The van der Waals surface area contributed by atoms with E-state index >= 15 is 0 Å². The zero-order valence-corrected chi connectivity index (χ0v) is 13.2. The largest absolute Gasteiger partial charge is 0.398 e. The fourth-order valence-electron chi connectivity index (χ4n) is 2.58. The molecule has 2 rings (SSSR count). The Balaban J connectivity index is 2.24. The first-order chi connectivity index (χ1) is 10.2. The first-order valence-corrected chi connectivity index (χ1v) is 7.79. The first kappa shape index (κ1) is 15.5. The van der Waals surface area contributed by atoms with E-state index in [9.17, 15) is 0 Å². The fourth-order valence-corrected chi connectivity index (χ4v) is 2.58. The molecule has 2 N–H and O–H groups in total. The molecular formula is C16H25N5. The highest BCUT2D eigenvalue weighted by molar-refractivity contribution is 5.67. The third kappa shape index (κ3) is 3.60. The zero-order valence-electron chi connectivity index (χ0n) is 13.2. The van der Waals surface area contributed by atoms with Crippen LogP contribution in [0.4, 0.5) is 5.69 Å². The van der Waals surface area contributed by atoms with Crippen LogP contribution in [-0.4, -0.2) is 20.2 Å². The summed E-state index contributed by atoms with van der Waals surface area (Å²) in [5.41, 5.74) is 8.83. The SMILES string of the molecule is CCCCC(CC)Cn1nnnc1-c1cccc(N)c1C. The predicted octanol–water partition coefficient (Wildman–Crippen LogP) is 3.45. The highest BCUT2D eigenvalue weighted by atomic mass is 15.5. The molecule has 1 heterocycles. The van der Waals surface area contributed by atoms with Gasteiger partial charge in [-0.05, 0) is 41.3 Å². The third-order valence-electron chi connectivity index (χ3n) is 4.12. The van der Waals surface area contributed by atoms with Gasteiger partial charge in [-0.15, -0.1) is 5.10 Å². The van der Waals surface area contributed by atoms with Crippen molar-refractivity contribution in [3.63, 3.8) is 0 Å². The van der Waals surface area contributed by atoms with Crippen molar-refractivity contribution in [3.05, 3.63) is 23.8 Å². The topological polar surface area (TPSA) is 69.6 Å². The first-order valence-electron chi connectivity index (χ1n) is 7.79. The predicted molar refractivity (Wildman–Crippen MR) is 85.7 cm³/mol. The Morgan fingerprint density at radius 1 is 1.29 bits per heavy atom. The van der Waals surface area contributed by atoms with Gasteiger partial charge in [0, 0.05) is 17.8 Å². The van der Waals surface area contributed by atoms with Crippen LogP contribution in [0.25, 0.3) is 11.4 Å². The Labute approximate surface area is 126 Å². The van der Waals surface area contributed by atoms with Crippen molar-refractivity contribution >= 4 is 5.69 Å². The summed E-state index contributed by atoms with van der Waals surface area (Å²) >= 11 is 0. The smallest absolute Gasteiger partial charge is 0.182 e. The minimum atomic E-state index is 0.619. The van der Waals surface area contributed by atoms with Gasteiger partial charge in [0.2, 0.25) is 0 Å². The highest BCUT2D eigenvalue weighted by Gasteiger charge is 2.15. The number of nitrogens with zero attached hydrogens (tertiary/aromatic N) is 4. The molecule has 21 heavy (non-hydrogen) atoms. The number of anilines is 1. The Hall–Kier alpha value is -1.91. The number of aromatic nitrogens is 4. The van der Waals surface area contributed by atoms with Crippen LogP contribution in [0, 0.1) is 12.8 Å². The number of nitrogens with two attached hydrogens (primary N) is 1. The summed E-state index contributed by atoms with van der Waals surface area (Å²) in [5.74, 6) is 1.43. The van der Waals surface area contributed by atoms with Gasteiger partial charge in [0.1, 0.15) is 0 Å². The lowest BCUT2D eigenvalue weighted by molar-refractivity contribution is 0.370. The number of benzene rings is 1. The molecule has 2 aromatic rings. The number of nitrogen functional groups attached to an aromatic ring is 1. The van der Waals surface area contributed by atoms with Crippen molar-refractivity contribution in [1.29, 1.82) is 0 Å². The standard InChI is InChI=1S/C16H25N5/c1-4-6-8-13(5-2)11-21-16(18-19-20-21)14-9-7-10-15(17)12(14)3/h7,9-10,13H,4-6,8,11,17H2,1-3H3. The van der Waals surface area contributed by atoms with Gasteiger partial charge >= 0.3 is 0 Å². The van der Waals surface area contributed by atoms with Crippen LogP contribution in [0.5, 0.6) is 0 Å². The molecule has 0 fully saturated rings. The number of unbranched alkanes of at least 4 members (excludes halogenated alkanes) is 1. The Kier molecular flexibility index (Phi) is 5.31. The maximum Gasteiger partial charge on any atom is 0.182 e. The Morgan fingerprint density at radius 3 is 2.81 bits per heavy atom. The van der Waals surface area contributed by atoms with Crippen LogP contribution in [0.1, 0.15) is 45.1 Å². The summed E-state index contributed by atoms with van der Waals surface area (Å²) in [6, 6.07) is 5.88. The van der Waals surface area contributed by atoms with Gasteiger partial charge in [-0.2, -0.15) is 0 Å². The molecule has 5 heteroatoms. The van der Waals surface area contributed by atoms with Gasteiger partial charge in [0.25, 0.3) is 0 Å². The van der Waals surface area contributed by atoms with Gasteiger partial charge < -0.3 is 5.73 Å². The van der Waals surface area contributed by atoms with Gasteiger partial charge in [0.05, 0.1) is 0 Å². The fraction of sp³-hybridized carbons (Fsp3) is 0.562. The highest BCUT2D eigenvalue weighted by Crippen LogP contribution is 2.26. The van der Waals surface area contributed by atoms with E-state index < -0.39 is 0 Å². The molecule has 1 unspecified atom stereocenters. The second-order valence-corrected chi connectivity index (χ2v) is 5.62. The maximum absolute atomic E-state index is 5.99. The van der Waals surface area contributed by atoms with Crippen molar-refractivity contribution in [2.45, 2.75) is 53.0 Å². The summed E-state index contributed by atoms with van der Waals surface area (Å²) in [5, 5.41) is 12.2. The summed E-state index contributed by atoms with van der Waals surface area (Å²) < 4.78 is 1.92. The molecule has 1 atom stereocenters. The van der Waals surface area contributed by atoms with Crippen LogP contribution in [0.3, 0.4) is 0 Å². The lowest BCUT2D eigenvalue weighted by atomic mass is 9.99. The average molecular weight is 287 g/mol. The molecule has 0 spiro atoms. The summed E-state index contributed by atoms with van der Waals surface area (Å²) in [6.45, 7) is 7.34. The lowest BCUT2D eigenvalue weighted by Crippen LogP contribution is -2.13.